The maximum Gasteiger partial charge on any atom is 0.328 e. The third-order valence-electron chi connectivity index (χ3n) is 3.48. The normalized spacial score (nSPS) is 11.7. The number of esters is 1. The van der Waals surface area contributed by atoms with E-state index in [0.717, 1.165) is 0 Å². The Morgan fingerprint density at radius 1 is 1.36 bits per heavy atom. The Kier molecular flexibility index (Phi) is 5.86. The fourth-order valence-corrected chi connectivity index (χ4v) is 2.72. The fraction of sp³-hybridized carbons (Fsp3) is 0.188. The number of nitrogens with zero attached hydrogens (tertiary/aromatic N) is 1. The smallest absolute Gasteiger partial charge is 0.328 e. The van der Waals surface area contributed by atoms with Gasteiger partial charge in [-0.15, -0.1) is 0 Å². The van der Waals surface area contributed by atoms with E-state index < -0.39 is 23.5 Å². The molecule has 7 nitrogen and oxygen atoms in total. The number of aromatic nitrogens is 1. The number of halogens is 2. The molecule has 3 N–H and O–H groups in total. The predicted molar refractivity (Wildman–Crippen MR) is 98.9 cm³/mol. The lowest BCUT2D eigenvalue weighted by atomic mass is 10.2. The molecule has 0 aliphatic rings. The molecule has 0 saturated carbocycles. The number of ether oxygens (including phenoxy) is 1. The summed E-state index contributed by atoms with van der Waals surface area (Å²) < 4.78 is 6.32. The van der Waals surface area contributed by atoms with Crippen LogP contribution in [0.1, 0.15) is 23.3 Å². The molecule has 1 amide bonds. The first kappa shape index (κ1) is 19.0. The number of amides is 1. The van der Waals surface area contributed by atoms with E-state index in [9.17, 15) is 14.4 Å². The van der Waals surface area contributed by atoms with E-state index in [4.69, 9.17) is 17.3 Å². The Morgan fingerprint density at radius 2 is 2.04 bits per heavy atom. The SMILES string of the molecule is COC(=O)C(C)n1cc(Br)cc(NC(=O)c2ccc(N)c(Cl)c2)c1=O. The Balaban J connectivity index is 2.38. The minimum atomic E-state index is -0.850. The molecule has 2 rings (SSSR count). The first-order valence-electron chi connectivity index (χ1n) is 7.10. The van der Waals surface area contributed by atoms with E-state index >= 15 is 0 Å². The molecule has 2 aromatic rings. The number of benzene rings is 1. The number of hydrogen-bond acceptors (Lipinski definition) is 5. The minimum Gasteiger partial charge on any atom is -0.467 e. The molecule has 0 aliphatic heterocycles. The van der Waals surface area contributed by atoms with Gasteiger partial charge in [0, 0.05) is 16.2 Å². The molecule has 1 heterocycles. The van der Waals surface area contributed by atoms with Gasteiger partial charge in [0.15, 0.2) is 0 Å². The number of anilines is 2. The highest BCUT2D eigenvalue weighted by Crippen LogP contribution is 2.21. The second-order valence-electron chi connectivity index (χ2n) is 5.17. The van der Waals surface area contributed by atoms with Crippen molar-refractivity contribution in [3.05, 3.63) is 55.9 Å². The number of nitrogens with two attached hydrogens (primary N) is 1. The third kappa shape index (κ3) is 4.21. The van der Waals surface area contributed by atoms with Crippen LogP contribution in [0.2, 0.25) is 5.02 Å². The number of nitrogen functional groups attached to an aromatic ring is 1. The van der Waals surface area contributed by atoms with Crippen LogP contribution in [0.4, 0.5) is 11.4 Å². The lowest BCUT2D eigenvalue weighted by Gasteiger charge is -2.15. The lowest BCUT2D eigenvalue weighted by molar-refractivity contribution is -0.144. The molecule has 0 fully saturated rings. The van der Waals surface area contributed by atoms with Crippen molar-refractivity contribution in [3.8, 4) is 0 Å². The molecule has 132 valence electrons. The molecule has 0 radical (unpaired) electrons. The molecular formula is C16H15BrClN3O4. The van der Waals surface area contributed by atoms with Crippen LogP contribution < -0.4 is 16.6 Å². The first-order valence-corrected chi connectivity index (χ1v) is 8.27. The van der Waals surface area contributed by atoms with Crippen molar-refractivity contribution in [1.82, 2.24) is 4.57 Å². The standard InChI is InChI=1S/C16H15BrClN3O4/c1-8(16(24)25-2)21-7-10(17)6-13(15(21)23)20-14(22)9-3-4-12(19)11(18)5-9/h3-8H,19H2,1-2H3,(H,20,22). The van der Waals surface area contributed by atoms with E-state index in [-0.39, 0.29) is 16.3 Å². The molecule has 1 unspecified atom stereocenters. The van der Waals surface area contributed by atoms with Gasteiger partial charge < -0.3 is 15.8 Å². The summed E-state index contributed by atoms with van der Waals surface area (Å²) >= 11 is 9.16. The monoisotopic (exact) mass is 427 g/mol. The number of carbonyl (C=O) groups is 2. The molecule has 25 heavy (non-hydrogen) atoms. The fourth-order valence-electron chi connectivity index (χ4n) is 2.09. The van der Waals surface area contributed by atoms with E-state index in [2.05, 4.69) is 26.0 Å². The molecule has 1 atom stereocenters. The average molecular weight is 429 g/mol. The number of carbonyl (C=O) groups excluding carboxylic acids is 2. The van der Waals surface area contributed by atoms with Gasteiger partial charge in [0.05, 0.1) is 17.8 Å². The van der Waals surface area contributed by atoms with Crippen LogP contribution in [0.15, 0.2) is 39.7 Å². The topological polar surface area (TPSA) is 103 Å². The van der Waals surface area contributed by atoms with Gasteiger partial charge in [0.1, 0.15) is 11.7 Å². The Labute approximate surface area is 156 Å². The molecular weight excluding hydrogens is 414 g/mol. The summed E-state index contributed by atoms with van der Waals surface area (Å²) in [5.74, 6) is -1.11. The number of hydrogen-bond donors (Lipinski definition) is 2. The van der Waals surface area contributed by atoms with Crippen LogP contribution in [0.25, 0.3) is 0 Å². The van der Waals surface area contributed by atoms with Crippen LogP contribution in [0, 0.1) is 0 Å². The first-order chi connectivity index (χ1) is 11.7. The zero-order chi connectivity index (χ0) is 18.7. The number of rotatable bonds is 4. The molecule has 1 aromatic heterocycles. The molecule has 9 heteroatoms. The summed E-state index contributed by atoms with van der Waals surface area (Å²) in [5, 5.41) is 2.75. The van der Waals surface area contributed by atoms with Crippen LogP contribution in [0.5, 0.6) is 0 Å². The highest BCUT2D eigenvalue weighted by molar-refractivity contribution is 9.10. The zero-order valence-electron chi connectivity index (χ0n) is 13.4. The van der Waals surface area contributed by atoms with Crippen LogP contribution in [0.3, 0.4) is 0 Å². The summed E-state index contributed by atoms with van der Waals surface area (Å²) in [5.41, 5.74) is 5.65. The van der Waals surface area contributed by atoms with Crippen molar-refractivity contribution < 1.29 is 14.3 Å². The second-order valence-corrected chi connectivity index (χ2v) is 6.50. The van der Waals surface area contributed by atoms with Crippen molar-refractivity contribution in [2.45, 2.75) is 13.0 Å². The molecule has 0 spiro atoms. The van der Waals surface area contributed by atoms with Gasteiger partial charge in [0.25, 0.3) is 11.5 Å². The maximum atomic E-state index is 12.5. The van der Waals surface area contributed by atoms with Gasteiger partial charge in [-0.1, -0.05) is 11.6 Å². The zero-order valence-corrected chi connectivity index (χ0v) is 15.7. The van der Waals surface area contributed by atoms with Gasteiger partial charge in [-0.25, -0.2) is 4.79 Å². The van der Waals surface area contributed by atoms with E-state index in [1.54, 1.807) is 0 Å². The van der Waals surface area contributed by atoms with Gasteiger partial charge in [-0.3, -0.25) is 14.2 Å². The minimum absolute atomic E-state index is 0.00285. The summed E-state index contributed by atoms with van der Waals surface area (Å²) in [6.07, 6.45) is 1.44. The summed E-state index contributed by atoms with van der Waals surface area (Å²) in [4.78, 5) is 36.6. The van der Waals surface area contributed by atoms with Gasteiger partial charge >= 0.3 is 5.97 Å². The second kappa shape index (κ2) is 7.71. The van der Waals surface area contributed by atoms with Crippen molar-refractivity contribution in [3.63, 3.8) is 0 Å². The van der Waals surface area contributed by atoms with Gasteiger partial charge in [-0.05, 0) is 47.1 Å². The average Bonchev–Trinajstić information content (AvgIpc) is 2.58. The highest BCUT2D eigenvalue weighted by atomic mass is 79.9. The Bertz CT molecular complexity index is 897. The summed E-state index contributed by atoms with van der Waals surface area (Å²) in [7, 11) is 1.23. The lowest BCUT2D eigenvalue weighted by Crippen LogP contribution is -2.31. The Hall–Kier alpha value is -2.32. The van der Waals surface area contributed by atoms with E-state index in [1.807, 2.05) is 0 Å². The number of nitrogens with one attached hydrogen (secondary N) is 1. The van der Waals surface area contributed by atoms with E-state index in [0.29, 0.717) is 10.2 Å². The van der Waals surface area contributed by atoms with Crippen LogP contribution in [-0.2, 0) is 9.53 Å². The van der Waals surface area contributed by atoms with Crippen molar-refractivity contribution >= 4 is 50.8 Å². The quantitative estimate of drug-likeness (QED) is 0.576. The number of methoxy groups -OCH3 is 1. The molecule has 0 aliphatic carbocycles. The largest absolute Gasteiger partial charge is 0.467 e. The molecule has 1 aromatic carbocycles. The summed E-state index contributed by atoms with van der Waals surface area (Å²) in [6.45, 7) is 1.52. The van der Waals surface area contributed by atoms with Gasteiger partial charge in [-0.2, -0.15) is 0 Å². The Morgan fingerprint density at radius 3 is 2.64 bits per heavy atom. The van der Waals surface area contributed by atoms with Crippen molar-refractivity contribution in [2.75, 3.05) is 18.2 Å². The van der Waals surface area contributed by atoms with Crippen LogP contribution in [-0.4, -0.2) is 23.6 Å². The van der Waals surface area contributed by atoms with Crippen molar-refractivity contribution in [2.24, 2.45) is 0 Å². The molecule has 0 saturated heterocycles. The van der Waals surface area contributed by atoms with Crippen molar-refractivity contribution in [1.29, 1.82) is 0 Å². The van der Waals surface area contributed by atoms with E-state index in [1.165, 1.54) is 49.1 Å². The maximum absolute atomic E-state index is 12.5. The van der Waals surface area contributed by atoms with Gasteiger partial charge in [0.2, 0.25) is 0 Å². The van der Waals surface area contributed by atoms with Crippen LogP contribution >= 0.6 is 27.5 Å². The third-order valence-corrected chi connectivity index (χ3v) is 4.24. The highest BCUT2D eigenvalue weighted by Gasteiger charge is 2.20. The number of pyridine rings is 1. The molecule has 0 bridgehead atoms. The summed E-state index contributed by atoms with van der Waals surface area (Å²) in [6, 6.07) is 4.98. The predicted octanol–water partition coefficient (Wildman–Crippen LogP) is 2.83.